The molecule has 7 rings (SSSR count). The molecule has 14 heteroatoms. The van der Waals surface area contributed by atoms with E-state index in [1.54, 1.807) is 24.0 Å². The maximum absolute atomic E-state index is 15.0. The number of benzene rings is 2. The topological polar surface area (TPSA) is 148 Å². The van der Waals surface area contributed by atoms with E-state index >= 15 is 0 Å². The number of anilines is 1. The van der Waals surface area contributed by atoms with Gasteiger partial charge in [0.1, 0.15) is 5.75 Å². The zero-order chi connectivity index (χ0) is 34.6. The molecule has 13 nitrogen and oxygen atoms in total. The van der Waals surface area contributed by atoms with Gasteiger partial charge in [0, 0.05) is 49.4 Å². The highest BCUT2D eigenvalue weighted by molar-refractivity contribution is 7.93. The monoisotopic (exact) mass is 685 g/mol. The first kappa shape index (κ1) is 32.8. The molecular formula is C35H39N7O6S. The highest BCUT2D eigenvalue weighted by Gasteiger charge is 2.61. The molecule has 4 aliphatic heterocycles. The Labute approximate surface area is 286 Å². The van der Waals surface area contributed by atoms with Gasteiger partial charge in [0.2, 0.25) is 5.88 Å². The minimum Gasteiger partial charge on any atom is -0.497 e. The Kier molecular flexibility index (Phi) is 8.25. The van der Waals surface area contributed by atoms with Gasteiger partial charge < -0.3 is 24.6 Å². The SMILES string of the molecule is CCOc1ncccc1[C@@]1(NC(=O)N2CC3(C2)CN(C2CCN(C)CC2)C3)C(=O)N(S(=O)(=O)c2ccc(OC)cc2)c2ccc(C#N)cc21. The third-order valence-electron chi connectivity index (χ3n) is 10.2. The van der Waals surface area contributed by atoms with Crippen LogP contribution in [0.3, 0.4) is 0 Å². The zero-order valence-electron chi connectivity index (χ0n) is 27.8. The van der Waals surface area contributed by atoms with Crippen LogP contribution in [0.2, 0.25) is 0 Å². The summed E-state index contributed by atoms with van der Waals surface area (Å²) in [6.45, 7) is 6.96. The third-order valence-corrected chi connectivity index (χ3v) is 11.9. The van der Waals surface area contributed by atoms with Crippen molar-refractivity contribution in [3.63, 3.8) is 0 Å². The average molecular weight is 686 g/mol. The maximum atomic E-state index is 15.0. The van der Waals surface area contributed by atoms with Crippen LogP contribution < -0.4 is 19.1 Å². The van der Waals surface area contributed by atoms with Gasteiger partial charge in [-0.3, -0.25) is 9.69 Å². The predicted octanol–water partition coefficient (Wildman–Crippen LogP) is 2.76. The lowest BCUT2D eigenvalue weighted by atomic mass is 9.71. The van der Waals surface area contributed by atoms with Crippen molar-refractivity contribution in [3.8, 4) is 17.7 Å². The molecule has 5 heterocycles. The van der Waals surface area contributed by atoms with Crippen molar-refractivity contribution < 1.29 is 27.5 Å². The summed E-state index contributed by atoms with van der Waals surface area (Å²) in [5.41, 5.74) is -1.61. The van der Waals surface area contributed by atoms with E-state index in [9.17, 15) is 23.3 Å². The number of hydrogen-bond acceptors (Lipinski definition) is 10. The number of nitrogens with zero attached hydrogens (tertiary/aromatic N) is 6. The van der Waals surface area contributed by atoms with E-state index < -0.39 is 27.5 Å². The van der Waals surface area contributed by atoms with Crippen molar-refractivity contribution in [1.29, 1.82) is 5.26 Å². The standard InChI is InChI=1S/C35H39N7O6S/c1-4-48-31-28(6-5-15-37-31)35(38-33(44)41-22-34(23-41)20-40(21-34)25-13-16-39(2)17-14-25)29-18-24(19-36)7-12-30(29)42(32(35)43)49(45,46)27-10-8-26(47-3)9-11-27/h5-12,15,18,25H,4,13-14,16-17,20-23H2,1-3H3,(H,38,44)/t35-/m0/s1. The first-order chi connectivity index (χ1) is 23.5. The number of fused-ring (bicyclic) bond motifs is 1. The molecule has 1 N–H and O–H groups in total. The summed E-state index contributed by atoms with van der Waals surface area (Å²) in [7, 11) is -0.908. The second-order valence-corrected chi connectivity index (χ2v) is 15.1. The molecule has 2 aromatic carbocycles. The molecule has 0 radical (unpaired) electrons. The zero-order valence-corrected chi connectivity index (χ0v) is 28.6. The molecule has 0 saturated carbocycles. The van der Waals surface area contributed by atoms with Crippen molar-refractivity contribution in [3.05, 3.63) is 77.5 Å². The fourth-order valence-electron chi connectivity index (χ4n) is 7.71. The number of urea groups is 1. The van der Waals surface area contributed by atoms with E-state index in [0.29, 0.717) is 29.2 Å². The van der Waals surface area contributed by atoms with Crippen LogP contribution >= 0.6 is 0 Å². The highest BCUT2D eigenvalue weighted by atomic mass is 32.2. The Morgan fingerprint density at radius 3 is 2.43 bits per heavy atom. The van der Waals surface area contributed by atoms with E-state index in [1.807, 2.05) is 0 Å². The quantitative estimate of drug-likeness (QED) is 0.375. The molecular weight excluding hydrogens is 646 g/mol. The first-order valence-electron chi connectivity index (χ1n) is 16.4. The number of carbonyl (C=O) groups is 2. The van der Waals surface area contributed by atoms with Gasteiger partial charge in [-0.05, 0) is 94.5 Å². The van der Waals surface area contributed by atoms with Crippen LogP contribution in [0.5, 0.6) is 11.6 Å². The molecule has 3 saturated heterocycles. The lowest BCUT2D eigenvalue weighted by Crippen LogP contribution is -2.76. The van der Waals surface area contributed by atoms with E-state index in [2.05, 4.69) is 33.2 Å². The number of aromatic nitrogens is 1. The van der Waals surface area contributed by atoms with Gasteiger partial charge in [0.15, 0.2) is 5.54 Å². The van der Waals surface area contributed by atoms with Gasteiger partial charge in [-0.15, -0.1) is 0 Å². The maximum Gasteiger partial charge on any atom is 0.318 e. The van der Waals surface area contributed by atoms with Crippen LogP contribution in [0.25, 0.3) is 0 Å². The second kappa shape index (κ2) is 12.3. The predicted molar refractivity (Wildman–Crippen MR) is 180 cm³/mol. The summed E-state index contributed by atoms with van der Waals surface area (Å²) in [4.78, 5) is 39.9. The molecule has 0 aliphatic carbocycles. The number of sulfonamides is 1. The van der Waals surface area contributed by atoms with Crippen molar-refractivity contribution in [2.75, 3.05) is 64.3 Å². The van der Waals surface area contributed by atoms with Crippen LogP contribution in [-0.4, -0.2) is 106 Å². The fraction of sp³-hybridized carbons (Fsp3) is 0.429. The smallest absolute Gasteiger partial charge is 0.318 e. The third kappa shape index (κ3) is 5.36. The first-order valence-corrected chi connectivity index (χ1v) is 17.9. The lowest BCUT2D eigenvalue weighted by molar-refractivity contribution is -0.124. The highest BCUT2D eigenvalue weighted by Crippen LogP contribution is 2.50. The van der Waals surface area contributed by atoms with Crippen molar-refractivity contribution in [2.24, 2.45) is 5.41 Å². The number of carbonyl (C=O) groups excluding carboxylic acids is 2. The number of hydrogen-bond donors (Lipinski definition) is 1. The Balaban J connectivity index is 1.25. The number of ether oxygens (including phenoxy) is 2. The number of rotatable bonds is 8. The fourth-order valence-corrected chi connectivity index (χ4v) is 9.17. The lowest BCUT2D eigenvalue weighted by Gasteiger charge is -2.62. The molecule has 3 fully saturated rings. The summed E-state index contributed by atoms with van der Waals surface area (Å²) < 4.78 is 40.4. The van der Waals surface area contributed by atoms with E-state index in [0.717, 1.165) is 39.0 Å². The van der Waals surface area contributed by atoms with Crippen LogP contribution in [0.15, 0.2) is 65.7 Å². The van der Waals surface area contributed by atoms with Crippen LogP contribution in [0.4, 0.5) is 10.5 Å². The summed E-state index contributed by atoms with van der Waals surface area (Å²) in [6, 6.07) is 15.3. The summed E-state index contributed by atoms with van der Waals surface area (Å²) in [6.07, 6.45) is 3.76. The van der Waals surface area contributed by atoms with Crippen molar-refractivity contribution in [1.82, 2.24) is 25.0 Å². The van der Waals surface area contributed by atoms with E-state index in [4.69, 9.17) is 9.47 Å². The molecule has 1 aromatic heterocycles. The number of piperidine rings is 1. The summed E-state index contributed by atoms with van der Waals surface area (Å²) in [5.74, 6) is -0.441. The van der Waals surface area contributed by atoms with Gasteiger partial charge in [-0.2, -0.15) is 9.57 Å². The molecule has 256 valence electrons. The normalized spacial score (nSPS) is 22.2. The number of amides is 3. The van der Waals surface area contributed by atoms with Crippen LogP contribution in [0.1, 0.15) is 36.5 Å². The summed E-state index contributed by atoms with van der Waals surface area (Å²) >= 11 is 0. The summed E-state index contributed by atoms with van der Waals surface area (Å²) in [5, 5.41) is 12.9. The Bertz CT molecular complexity index is 1930. The van der Waals surface area contributed by atoms with E-state index in [-0.39, 0.29) is 45.2 Å². The van der Waals surface area contributed by atoms with Gasteiger partial charge >= 0.3 is 6.03 Å². The number of nitrogens with one attached hydrogen (secondary N) is 1. The number of nitriles is 1. The average Bonchev–Trinajstić information content (AvgIpc) is 3.32. The van der Waals surface area contributed by atoms with Gasteiger partial charge in [0.25, 0.3) is 15.9 Å². The molecule has 1 spiro atoms. The molecule has 3 aromatic rings. The van der Waals surface area contributed by atoms with Gasteiger partial charge in [0.05, 0.1) is 41.5 Å². The van der Waals surface area contributed by atoms with Crippen molar-refractivity contribution in [2.45, 2.75) is 36.2 Å². The van der Waals surface area contributed by atoms with Gasteiger partial charge in [-0.25, -0.2) is 18.2 Å². The number of methoxy groups -OCH3 is 1. The Morgan fingerprint density at radius 2 is 1.78 bits per heavy atom. The molecule has 0 bridgehead atoms. The minimum atomic E-state index is -4.52. The van der Waals surface area contributed by atoms with Crippen LogP contribution in [-0.2, 0) is 20.4 Å². The number of likely N-dealkylation sites (tertiary alicyclic amines) is 3. The Hall–Kier alpha value is -4.71. The van der Waals surface area contributed by atoms with E-state index in [1.165, 1.54) is 55.8 Å². The molecule has 49 heavy (non-hydrogen) atoms. The molecule has 4 aliphatic rings. The molecule has 1 atom stereocenters. The van der Waals surface area contributed by atoms with Crippen LogP contribution in [0, 0.1) is 16.7 Å². The molecule has 3 amide bonds. The number of pyridine rings is 1. The second-order valence-electron chi connectivity index (χ2n) is 13.4. The van der Waals surface area contributed by atoms with Gasteiger partial charge in [-0.1, -0.05) is 0 Å². The Morgan fingerprint density at radius 1 is 1.06 bits per heavy atom. The largest absolute Gasteiger partial charge is 0.497 e. The molecule has 0 unspecified atom stereocenters. The van der Waals surface area contributed by atoms with Crippen molar-refractivity contribution >= 4 is 27.6 Å². The minimum absolute atomic E-state index is 0.00600.